The number of hydrogen-bond donors (Lipinski definition) is 2. The first kappa shape index (κ1) is 14.3. The van der Waals surface area contributed by atoms with E-state index in [4.69, 9.17) is 9.15 Å². The number of fused-ring (bicyclic) bond motifs is 2. The van der Waals surface area contributed by atoms with E-state index in [9.17, 15) is 0 Å². The normalized spacial score (nSPS) is 14.7. The van der Waals surface area contributed by atoms with Crippen LogP contribution >= 0.6 is 0 Å². The van der Waals surface area contributed by atoms with Crippen molar-refractivity contribution in [1.82, 2.24) is 15.2 Å². The van der Waals surface area contributed by atoms with Crippen molar-refractivity contribution in [3.05, 3.63) is 42.8 Å². The summed E-state index contributed by atoms with van der Waals surface area (Å²) in [6.07, 6.45) is 7.32. The van der Waals surface area contributed by atoms with Crippen LogP contribution in [0.2, 0.25) is 0 Å². The predicted octanol–water partition coefficient (Wildman–Crippen LogP) is 4.63. The fourth-order valence-electron chi connectivity index (χ4n) is 3.14. The molecule has 1 aromatic carbocycles. The summed E-state index contributed by atoms with van der Waals surface area (Å²) in [7, 11) is 0. The molecule has 6 nitrogen and oxygen atoms in total. The lowest BCUT2D eigenvalue weighted by molar-refractivity contribution is 0.181. The first-order chi connectivity index (χ1) is 12.4. The van der Waals surface area contributed by atoms with Crippen molar-refractivity contribution in [1.29, 1.82) is 0 Å². The lowest BCUT2D eigenvalue weighted by Gasteiger charge is -2.24. The number of benzene rings is 1. The number of H-pyrrole nitrogens is 1. The van der Waals surface area contributed by atoms with Gasteiger partial charge in [-0.3, -0.25) is 10.1 Å². The number of hydrogen-bond acceptors (Lipinski definition) is 5. The third-order valence-electron chi connectivity index (χ3n) is 4.82. The molecule has 1 fully saturated rings. The molecule has 5 rings (SSSR count). The summed E-state index contributed by atoms with van der Waals surface area (Å²) < 4.78 is 11.6. The molecular weight excluding hydrogens is 316 g/mol. The molecule has 126 valence electrons. The second-order valence-corrected chi connectivity index (χ2v) is 6.52. The van der Waals surface area contributed by atoms with Gasteiger partial charge in [-0.25, -0.2) is 0 Å². The minimum atomic E-state index is 0.697. The summed E-state index contributed by atoms with van der Waals surface area (Å²) in [5.74, 6) is 2.22. The van der Waals surface area contributed by atoms with Gasteiger partial charge in [0.05, 0.1) is 17.5 Å². The number of anilines is 2. The molecule has 3 heterocycles. The highest BCUT2D eigenvalue weighted by Crippen LogP contribution is 2.33. The van der Waals surface area contributed by atoms with Crippen molar-refractivity contribution in [2.24, 2.45) is 5.92 Å². The molecule has 1 saturated carbocycles. The van der Waals surface area contributed by atoms with Crippen LogP contribution in [0.5, 0.6) is 5.75 Å². The molecule has 0 aliphatic heterocycles. The number of aromatic nitrogens is 3. The average Bonchev–Trinajstić information content (AvgIpc) is 3.18. The second-order valence-electron chi connectivity index (χ2n) is 6.52. The molecule has 0 unspecified atom stereocenters. The highest BCUT2D eigenvalue weighted by Gasteiger charge is 2.19. The largest absolute Gasteiger partial charge is 0.489 e. The number of pyridine rings is 1. The van der Waals surface area contributed by atoms with E-state index < -0.39 is 0 Å². The van der Waals surface area contributed by atoms with Gasteiger partial charge in [-0.2, -0.15) is 5.10 Å². The Kier molecular flexibility index (Phi) is 3.33. The SMILES string of the molecule is c1cnc2c(Nc3ccc4c(OCC5CCC5)coc4c3)n[nH]c2c1. The summed E-state index contributed by atoms with van der Waals surface area (Å²) in [6, 6.07) is 9.79. The molecule has 0 spiro atoms. The lowest BCUT2D eigenvalue weighted by atomic mass is 9.86. The van der Waals surface area contributed by atoms with Crippen molar-refractivity contribution >= 4 is 33.5 Å². The van der Waals surface area contributed by atoms with Gasteiger partial charge >= 0.3 is 0 Å². The summed E-state index contributed by atoms with van der Waals surface area (Å²) >= 11 is 0. The van der Waals surface area contributed by atoms with Crippen molar-refractivity contribution in [3.63, 3.8) is 0 Å². The van der Waals surface area contributed by atoms with Crippen LogP contribution in [-0.4, -0.2) is 21.8 Å². The number of aromatic amines is 1. The zero-order valence-corrected chi connectivity index (χ0v) is 13.7. The fourth-order valence-corrected chi connectivity index (χ4v) is 3.14. The Hall–Kier alpha value is -3.02. The van der Waals surface area contributed by atoms with Crippen LogP contribution in [0.1, 0.15) is 19.3 Å². The molecule has 6 heteroatoms. The minimum absolute atomic E-state index is 0.697. The highest BCUT2D eigenvalue weighted by molar-refractivity contribution is 5.90. The van der Waals surface area contributed by atoms with Gasteiger partial charge in [-0.1, -0.05) is 6.42 Å². The molecule has 25 heavy (non-hydrogen) atoms. The second kappa shape index (κ2) is 5.81. The van der Waals surface area contributed by atoms with E-state index in [0.717, 1.165) is 40.0 Å². The Labute approximate surface area is 144 Å². The smallest absolute Gasteiger partial charge is 0.178 e. The van der Waals surface area contributed by atoms with E-state index in [1.165, 1.54) is 19.3 Å². The summed E-state index contributed by atoms with van der Waals surface area (Å²) in [6.45, 7) is 0.777. The topological polar surface area (TPSA) is 76.0 Å². The van der Waals surface area contributed by atoms with Gasteiger partial charge in [0.2, 0.25) is 0 Å². The number of nitrogens with zero attached hydrogens (tertiary/aromatic N) is 2. The maximum Gasteiger partial charge on any atom is 0.178 e. The molecule has 0 radical (unpaired) electrons. The average molecular weight is 334 g/mol. The van der Waals surface area contributed by atoms with E-state index in [1.807, 2.05) is 30.3 Å². The molecule has 3 aromatic heterocycles. The van der Waals surface area contributed by atoms with Gasteiger partial charge in [-0.05, 0) is 43.0 Å². The number of nitrogens with one attached hydrogen (secondary N) is 2. The van der Waals surface area contributed by atoms with Crippen molar-refractivity contribution < 1.29 is 9.15 Å². The van der Waals surface area contributed by atoms with Crippen LogP contribution < -0.4 is 10.1 Å². The fraction of sp³-hybridized carbons (Fsp3) is 0.263. The van der Waals surface area contributed by atoms with E-state index >= 15 is 0 Å². The van der Waals surface area contributed by atoms with Crippen LogP contribution in [0.25, 0.3) is 22.0 Å². The Morgan fingerprint density at radius 2 is 2.24 bits per heavy atom. The van der Waals surface area contributed by atoms with Crippen molar-refractivity contribution in [3.8, 4) is 5.75 Å². The first-order valence-electron chi connectivity index (χ1n) is 8.57. The summed E-state index contributed by atoms with van der Waals surface area (Å²) in [5, 5.41) is 11.5. The van der Waals surface area contributed by atoms with Crippen LogP contribution in [0.4, 0.5) is 11.5 Å². The maximum atomic E-state index is 5.93. The standard InChI is InChI=1S/C19H18N4O2/c1-3-12(4-1)10-24-17-11-25-16-9-13(6-7-14(16)17)21-19-18-15(22-23-19)5-2-8-20-18/h2,5-9,11-12H,1,3-4,10H2,(H2,21,22,23). The Bertz CT molecular complexity index is 1030. The molecule has 1 aliphatic carbocycles. The van der Waals surface area contributed by atoms with Crippen LogP contribution in [-0.2, 0) is 0 Å². The quantitative estimate of drug-likeness (QED) is 0.556. The zero-order chi connectivity index (χ0) is 16.6. The molecule has 0 atom stereocenters. The van der Waals surface area contributed by atoms with E-state index in [0.29, 0.717) is 11.7 Å². The van der Waals surface area contributed by atoms with Gasteiger partial charge in [-0.15, -0.1) is 0 Å². The van der Waals surface area contributed by atoms with Crippen LogP contribution in [0.15, 0.2) is 47.2 Å². The lowest BCUT2D eigenvalue weighted by Crippen LogP contribution is -2.19. The van der Waals surface area contributed by atoms with Crippen LogP contribution in [0, 0.1) is 5.92 Å². The third-order valence-corrected chi connectivity index (χ3v) is 4.82. The number of furan rings is 1. The van der Waals surface area contributed by atoms with Crippen LogP contribution in [0.3, 0.4) is 0 Å². The van der Waals surface area contributed by atoms with Gasteiger partial charge in [0.15, 0.2) is 11.6 Å². The highest BCUT2D eigenvalue weighted by atomic mass is 16.5. The number of rotatable bonds is 5. The number of ether oxygens (including phenoxy) is 1. The Morgan fingerprint density at radius 3 is 3.12 bits per heavy atom. The van der Waals surface area contributed by atoms with Crippen molar-refractivity contribution in [2.75, 3.05) is 11.9 Å². The molecule has 0 saturated heterocycles. The molecule has 0 bridgehead atoms. The first-order valence-corrected chi connectivity index (χ1v) is 8.57. The van der Waals surface area contributed by atoms with E-state index in [1.54, 1.807) is 12.5 Å². The van der Waals surface area contributed by atoms with Gasteiger partial charge < -0.3 is 14.5 Å². The molecule has 4 aromatic rings. The minimum Gasteiger partial charge on any atom is -0.489 e. The van der Waals surface area contributed by atoms with Gasteiger partial charge in [0.1, 0.15) is 17.4 Å². The predicted molar refractivity (Wildman–Crippen MR) is 96.2 cm³/mol. The Balaban J connectivity index is 1.39. The maximum absolute atomic E-state index is 5.93. The zero-order valence-electron chi connectivity index (χ0n) is 13.7. The molecule has 2 N–H and O–H groups in total. The summed E-state index contributed by atoms with van der Waals surface area (Å²) in [4.78, 5) is 4.36. The van der Waals surface area contributed by atoms with E-state index in [2.05, 4.69) is 20.5 Å². The van der Waals surface area contributed by atoms with Crippen molar-refractivity contribution in [2.45, 2.75) is 19.3 Å². The summed E-state index contributed by atoms with van der Waals surface area (Å²) in [5.41, 5.74) is 3.40. The molecular formula is C19H18N4O2. The third kappa shape index (κ3) is 2.59. The van der Waals surface area contributed by atoms with Gasteiger partial charge in [0, 0.05) is 18.0 Å². The van der Waals surface area contributed by atoms with E-state index in [-0.39, 0.29) is 0 Å². The molecule has 0 amide bonds. The molecule has 1 aliphatic rings. The monoisotopic (exact) mass is 334 g/mol. The Morgan fingerprint density at radius 1 is 1.28 bits per heavy atom. The van der Waals surface area contributed by atoms with Gasteiger partial charge in [0.25, 0.3) is 0 Å².